The van der Waals surface area contributed by atoms with Crippen molar-refractivity contribution in [1.82, 2.24) is 10.1 Å². The van der Waals surface area contributed by atoms with Crippen molar-refractivity contribution in [2.24, 2.45) is 0 Å². The van der Waals surface area contributed by atoms with Crippen molar-refractivity contribution in [1.29, 1.82) is 0 Å². The summed E-state index contributed by atoms with van der Waals surface area (Å²) in [6, 6.07) is 11.1. The zero-order valence-corrected chi connectivity index (χ0v) is 12.6. The van der Waals surface area contributed by atoms with Gasteiger partial charge >= 0.3 is 0 Å². The molecule has 0 aliphatic heterocycles. The summed E-state index contributed by atoms with van der Waals surface area (Å²) in [5, 5.41) is 4.69. The van der Waals surface area contributed by atoms with Crippen LogP contribution >= 0.6 is 23.2 Å². The largest absolute Gasteiger partial charge is 0.396 e. The van der Waals surface area contributed by atoms with Gasteiger partial charge in [-0.2, -0.15) is 4.98 Å². The Morgan fingerprint density at radius 1 is 1.05 bits per heavy atom. The number of hydrogen-bond donors (Lipinski definition) is 1. The van der Waals surface area contributed by atoms with Crippen LogP contribution in [0.1, 0.15) is 5.56 Å². The normalized spacial score (nSPS) is 10.8. The van der Waals surface area contributed by atoms with Crippen LogP contribution in [0.15, 0.2) is 40.9 Å². The lowest BCUT2D eigenvalue weighted by Gasteiger charge is -2.02. The number of aryl methyl sites for hydroxylation is 1. The molecule has 0 unspecified atom stereocenters. The van der Waals surface area contributed by atoms with Gasteiger partial charge in [-0.05, 0) is 25.1 Å². The maximum atomic E-state index is 6.01. The number of rotatable bonds is 2. The molecular weight excluding hydrogens is 309 g/mol. The first-order chi connectivity index (χ1) is 10.0. The summed E-state index contributed by atoms with van der Waals surface area (Å²) in [6.07, 6.45) is 0. The van der Waals surface area contributed by atoms with E-state index in [0.717, 1.165) is 11.1 Å². The van der Waals surface area contributed by atoms with E-state index < -0.39 is 0 Å². The maximum absolute atomic E-state index is 6.01. The van der Waals surface area contributed by atoms with Crippen LogP contribution in [-0.2, 0) is 0 Å². The lowest BCUT2D eigenvalue weighted by Crippen LogP contribution is -1.89. The van der Waals surface area contributed by atoms with E-state index in [1.807, 2.05) is 31.2 Å². The molecule has 6 heteroatoms. The second kappa shape index (κ2) is 5.39. The first kappa shape index (κ1) is 13.9. The SMILES string of the molecule is Cc1cccc(-c2noc(-c3cc(Cl)c(N)c(Cl)c3)n2)c1. The topological polar surface area (TPSA) is 64.9 Å². The van der Waals surface area contributed by atoms with E-state index in [1.165, 1.54) is 0 Å². The quantitative estimate of drug-likeness (QED) is 0.701. The zero-order valence-electron chi connectivity index (χ0n) is 11.1. The first-order valence-corrected chi connectivity index (χ1v) is 6.96. The highest BCUT2D eigenvalue weighted by Crippen LogP contribution is 2.33. The third-order valence-corrected chi connectivity index (χ3v) is 3.65. The fraction of sp³-hybridized carbons (Fsp3) is 0.0667. The molecule has 3 aromatic rings. The van der Waals surface area contributed by atoms with Gasteiger partial charge in [-0.15, -0.1) is 0 Å². The van der Waals surface area contributed by atoms with Crippen molar-refractivity contribution in [2.45, 2.75) is 6.92 Å². The Morgan fingerprint density at radius 3 is 2.43 bits per heavy atom. The summed E-state index contributed by atoms with van der Waals surface area (Å²) in [4.78, 5) is 4.37. The van der Waals surface area contributed by atoms with E-state index in [-0.39, 0.29) is 0 Å². The molecule has 1 heterocycles. The Balaban J connectivity index is 2.02. The van der Waals surface area contributed by atoms with Crippen LogP contribution in [0.25, 0.3) is 22.8 Å². The molecule has 0 radical (unpaired) electrons. The standard InChI is InChI=1S/C15H11Cl2N3O/c1-8-3-2-4-9(5-8)14-19-15(21-20-14)10-6-11(16)13(18)12(17)7-10/h2-7H,18H2,1H3. The summed E-state index contributed by atoms with van der Waals surface area (Å²) in [5.74, 6) is 0.855. The summed E-state index contributed by atoms with van der Waals surface area (Å²) in [6.45, 7) is 2.00. The van der Waals surface area contributed by atoms with Crippen molar-refractivity contribution >= 4 is 28.9 Å². The Bertz CT molecular complexity index is 791. The molecule has 2 aromatic carbocycles. The van der Waals surface area contributed by atoms with E-state index in [9.17, 15) is 0 Å². The second-order valence-corrected chi connectivity index (χ2v) is 5.46. The summed E-state index contributed by atoms with van der Waals surface area (Å²) in [7, 11) is 0. The minimum absolute atomic E-state index is 0.334. The van der Waals surface area contributed by atoms with E-state index >= 15 is 0 Å². The number of benzene rings is 2. The van der Waals surface area contributed by atoms with Gasteiger partial charge in [0.2, 0.25) is 5.82 Å². The molecule has 0 aliphatic carbocycles. The average molecular weight is 320 g/mol. The fourth-order valence-corrected chi connectivity index (χ4v) is 2.44. The lowest BCUT2D eigenvalue weighted by molar-refractivity contribution is 0.432. The van der Waals surface area contributed by atoms with E-state index in [1.54, 1.807) is 12.1 Å². The molecule has 0 spiro atoms. The number of hydrogen-bond acceptors (Lipinski definition) is 4. The molecule has 1 aromatic heterocycles. The molecule has 0 atom stereocenters. The van der Waals surface area contributed by atoms with Gasteiger partial charge in [0.1, 0.15) is 0 Å². The predicted molar refractivity (Wildman–Crippen MR) is 84.3 cm³/mol. The average Bonchev–Trinajstić information content (AvgIpc) is 2.94. The van der Waals surface area contributed by atoms with Gasteiger partial charge in [-0.25, -0.2) is 0 Å². The summed E-state index contributed by atoms with van der Waals surface area (Å²) >= 11 is 12.0. The van der Waals surface area contributed by atoms with Crippen LogP contribution < -0.4 is 5.73 Å². The first-order valence-electron chi connectivity index (χ1n) is 6.20. The van der Waals surface area contributed by atoms with E-state index in [2.05, 4.69) is 10.1 Å². The molecule has 2 N–H and O–H groups in total. The fourth-order valence-electron chi connectivity index (χ4n) is 1.95. The molecule has 21 heavy (non-hydrogen) atoms. The summed E-state index contributed by atoms with van der Waals surface area (Å²) in [5.41, 5.74) is 8.68. The molecule has 3 rings (SSSR count). The Hall–Kier alpha value is -2.04. The smallest absolute Gasteiger partial charge is 0.258 e. The molecule has 0 saturated heterocycles. The Kier molecular flexibility index (Phi) is 3.57. The van der Waals surface area contributed by atoms with Crippen LogP contribution in [0.4, 0.5) is 5.69 Å². The third-order valence-electron chi connectivity index (χ3n) is 3.03. The van der Waals surface area contributed by atoms with Gasteiger partial charge in [0.25, 0.3) is 5.89 Å². The van der Waals surface area contributed by atoms with E-state index in [4.69, 9.17) is 33.5 Å². The van der Waals surface area contributed by atoms with Crippen molar-refractivity contribution in [3.63, 3.8) is 0 Å². The van der Waals surface area contributed by atoms with Crippen molar-refractivity contribution < 1.29 is 4.52 Å². The van der Waals surface area contributed by atoms with E-state index in [0.29, 0.717) is 33.0 Å². The molecule has 0 fully saturated rings. The van der Waals surface area contributed by atoms with Gasteiger partial charge in [0.05, 0.1) is 15.7 Å². The van der Waals surface area contributed by atoms with Gasteiger partial charge in [-0.3, -0.25) is 0 Å². The molecule has 0 aliphatic rings. The van der Waals surface area contributed by atoms with Gasteiger partial charge in [0, 0.05) is 11.1 Å². The van der Waals surface area contributed by atoms with Gasteiger partial charge < -0.3 is 10.3 Å². The molecule has 0 saturated carbocycles. The van der Waals surface area contributed by atoms with Crippen molar-refractivity contribution in [2.75, 3.05) is 5.73 Å². The van der Waals surface area contributed by atoms with Crippen LogP contribution in [-0.4, -0.2) is 10.1 Å². The third kappa shape index (κ3) is 2.73. The lowest BCUT2D eigenvalue weighted by atomic mass is 10.1. The Morgan fingerprint density at radius 2 is 1.76 bits per heavy atom. The number of anilines is 1. The molecule has 0 bridgehead atoms. The molecule has 106 valence electrons. The van der Waals surface area contributed by atoms with Crippen molar-refractivity contribution in [3.05, 3.63) is 52.0 Å². The minimum Gasteiger partial charge on any atom is -0.396 e. The molecule has 4 nitrogen and oxygen atoms in total. The number of nitrogens with two attached hydrogens (primary N) is 1. The number of nitrogen functional groups attached to an aromatic ring is 1. The number of nitrogens with zero attached hydrogens (tertiary/aromatic N) is 2. The van der Waals surface area contributed by atoms with Gasteiger partial charge in [-0.1, -0.05) is 52.1 Å². The molecular formula is C15H11Cl2N3O. The Labute approximate surface area is 131 Å². The number of aromatic nitrogens is 2. The highest BCUT2D eigenvalue weighted by Gasteiger charge is 2.13. The number of halogens is 2. The van der Waals surface area contributed by atoms with Crippen LogP contribution in [0, 0.1) is 6.92 Å². The van der Waals surface area contributed by atoms with Crippen LogP contribution in [0.2, 0.25) is 10.0 Å². The van der Waals surface area contributed by atoms with Crippen molar-refractivity contribution in [3.8, 4) is 22.8 Å². The highest BCUT2D eigenvalue weighted by atomic mass is 35.5. The second-order valence-electron chi connectivity index (χ2n) is 4.65. The maximum Gasteiger partial charge on any atom is 0.258 e. The predicted octanol–water partition coefficient (Wildman–Crippen LogP) is 4.60. The van der Waals surface area contributed by atoms with Crippen LogP contribution in [0.5, 0.6) is 0 Å². The monoisotopic (exact) mass is 319 g/mol. The minimum atomic E-state index is 0.334. The van der Waals surface area contributed by atoms with Crippen LogP contribution in [0.3, 0.4) is 0 Å². The summed E-state index contributed by atoms with van der Waals surface area (Å²) < 4.78 is 5.28. The van der Waals surface area contributed by atoms with Gasteiger partial charge in [0.15, 0.2) is 0 Å². The molecule has 0 amide bonds. The highest BCUT2D eigenvalue weighted by molar-refractivity contribution is 6.39. The zero-order chi connectivity index (χ0) is 15.0.